The number of carboxylic acids is 1. The number of aromatic carboxylic acids is 1. The van der Waals surface area contributed by atoms with Crippen molar-refractivity contribution in [3.05, 3.63) is 92.9 Å². The fourth-order valence-electron chi connectivity index (χ4n) is 3.21. The highest BCUT2D eigenvalue weighted by Gasteiger charge is 2.20. The van der Waals surface area contributed by atoms with Crippen LogP contribution in [0, 0.1) is 18.8 Å². The normalized spacial score (nSPS) is 10.6. The number of hydrogen-bond acceptors (Lipinski definition) is 2. The van der Waals surface area contributed by atoms with Gasteiger partial charge < -0.3 is 9.67 Å². The van der Waals surface area contributed by atoms with Gasteiger partial charge in [0.2, 0.25) is 0 Å². The Hall–Kier alpha value is -3.00. The van der Waals surface area contributed by atoms with Gasteiger partial charge in [-0.15, -0.1) is 11.3 Å². The quantitative estimate of drug-likeness (QED) is 0.437. The van der Waals surface area contributed by atoms with Crippen LogP contribution in [0.15, 0.2) is 60.7 Å². The first-order valence-electron chi connectivity index (χ1n) is 8.70. The summed E-state index contributed by atoms with van der Waals surface area (Å²) in [6.07, 6.45) is 0. The minimum Gasteiger partial charge on any atom is -0.477 e. The maximum atomic E-state index is 11.8. The molecule has 3 nitrogen and oxygen atoms in total. The molecule has 0 radical (unpaired) electrons. The van der Waals surface area contributed by atoms with E-state index in [1.54, 1.807) is 6.07 Å². The number of carbonyl (C=O) groups is 1. The highest BCUT2D eigenvalue weighted by molar-refractivity contribution is 7.19. The monoisotopic (exact) mass is 405 g/mol. The molecule has 0 fully saturated rings. The number of hydrogen-bond donors (Lipinski definition) is 1. The second kappa shape index (κ2) is 7.55. The predicted octanol–water partition coefficient (Wildman–Crippen LogP) is 5.81. The molecule has 0 amide bonds. The first-order chi connectivity index (χ1) is 13.5. The van der Waals surface area contributed by atoms with E-state index in [9.17, 15) is 9.90 Å². The van der Waals surface area contributed by atoms with Gasteiger partial charge >= 0.3 is 5.97 Å². The summed E-state index contributed by atoms with van der Waals surface area (Å²) < 4.78 is 2.76. The van der Waals surface area contributed by atoms with E-state index in [-0.39, 0.29) is 5.69 Å². The van der Waals surface area contributed by atoms with Crippen molar-refractivity contribution in [3.8, 4) is 11.8 Å². The molecule has 4 aromatic rings. The number of halogens is 1. The van der Waals surface area contributed by atoms with Gasteiger partial charge in [0.05, 0.1) is 15.1 Å². The Morgan fingerprint density at radius 2 is 1.89 bits per heavy atom. The van der Waals surface area contributed by atoms with E-state index >= 15 is 0 Å². The van der Waals surface area contributed by atoms with Crippen LogP contribution in [0.4, 0.5) is 0 Å². The second-order valence-electron chi connectivity index (χ2n) is 6.44. The fourth-order valence-corrected chi connectivity index (χ4v) is 4.53. The summed E-state index contributed by atoms with van der Waals surface area (Å²) in [5.41, 5.74) is 4.09. The van der Waals surface area contributed by atoms with Crippen molar-refractivity contribution in [1.82, 2.24) is 4.57 Å². The van der Waals surface area contributed by atoms with E-state index in [4.69, 9.17) is 11.6 Å². The van der Waals surface area contributed by atoms with Crippen molar-refractivity contribution in [3.63, 3.8) is 0 Å². The van der Waals surface area contributed by atoms with Gasteiger partial charge in [0.1, 0.15) is 5.69 Å². The number of rotatable bonds is 3. The molecule has 0 aliphatic heterocycles. The van der Waals surface area contributed by atoms with E-state index in [0.717, 1.165) is 31.8 Å². The highest BCUT2D eigenvalue weighted by Crippen LogP contribution is 2.34. The molecule has 2 heterocycles. The van der Waals surface area contributed by atoms with Crippen LogP contribution in [0.3, 0.4) is 0 Å². The predicted molar refractivity (Wildman–Crippen MR) is 114 cm³/mol. The molecular weight excluding hydrogens is 390 g/mol. The molecular formula is C23H16ClNO2S. The third-order valence-corrected chi connectivity index (χ3v) is 5.89. The van der Waals surface area contributed by atoms with Crippen LogP contribution in [0.5, 0.6) is 0 Å². The van der Waals surface area contributed by atoms with Gasteiger partial charge in [0.25, 0.3) is 0 Å². The number of thiophene rings is 1. The Bertz CT molecular complexity index is 1240. The number of nitrogens with zero attached hydrogens (tertiary/aromatic N) is 1. The molecule has 0 bridgehead atoms. The van der Waals surface area contributed by atoms with Crippen molar-refractivity contribution >= 4 is 39.1 Å². The first-order valence-corrected chi connectivity index (χ1v) is 9.90. The van der Waals surface area contributed by atoms with Gasteiger partial charge in [0.15, 0.2) is 0 Å². The molecule has 2 aromatic heterocycles. The molecule has 138 valence electrons. The van der Waals surface area contributed by atoms with Gasteiger partial charge in [-0.05, 0) is 48.4 Å². The molecule has 0 saturated heterocycles. The molecule has 0 atom stereocenters. The highest BCUT2D eigenvalue weighted by atomic mass is 35.5. The van der Waals surface area contributed by atoms with Gasteiger partial charge in [-0.1, -0.05) is 53.8 Å². The molecule has 0 spiro atoms. The maximum Gasteiger partial charge on any atom is 0.352 e. The summed E-state index contributed by atoms with van der Waals surface area (Å²) in [6.45, 7) is 2.43. The topological polar surface area (TPSA) is 42.2 Å². The molecule has 0 aliphatic rings. The summed E-state index contributed by atoms with van der Waals surface area (Å²) in [4.78, 5) is 12.7. The van der Waals surface area contributed by atoms with E-state index < -0.39 is 5.97 Å². The summed E-state index contributed by atoms with van der Waals surface area (Å²) in [5.74, 6) is 5.48. The van der Waals surface area contributed by atoms with Crippen molar-refractivity contribution in [1.29, 1.82) is 0 Å². The third kappa shape index (κ3) is 3.55. The molecule has 1 N–H and O–H groups in total. The average molecular weight is 406 g/mol. The van der Waals surface area contributed by atoms with Crippen LogP contribution in [0.2, 0.25) is 5.02 Å². The standard InChI is InChI=1S/C23H16ClNO2S/c1-15-20(11-10-16-6-3-2-4-7-16)28-21-13-19(23(26)27)25(22(15)21)14-17-8-5-9-18(24)12-17/h2-9,12-13H,14H2,1H3,(H,26,27). The van der Waals surface area contributed by atoms with E-state index in [0.29, 0.717) is 11.6 Å². The van der Waals surface area contributed by atoms with Gasteiger partial charge in [0, 0.05) is 17.1 Å². The maximum absolute atomic E-state index is 11.8. The average Bonchev–Trinajstić information content (AvgIpc) is 3.18. The lowest BCUT2D eigenvalue weighted by Crippen LogP contribution is -2.09. The fraction of sp³-hybridized carbons (Fsp3) is 0.0870. The lowest BCUT2D eigenvalue weighted by Gasteiger charge is -2.09. The third-order valence-electron chi connectivity index (χ3n) is 4.51. The minimum atomic E-state index is -0.943. The summed E-state index contributed by atoms with van der Waals surface area (Å²) >= 11 is 7.62. The Balaban J connectivity index is 1.81. The van der Waals surface area contributed by atoms with Crippen molar-refractivity contribution in [2.75, 3.05) is 0 Å². The molecule has 2 aromatic carbocycles. The van der Waals surface area contributed by atoms with Crippen molar-refractivity contribution in [2.24, 2.45) is 0 Å². The minimum absolute atomic E-state index is 0.270. The number of aromatic nitrogens is 1. The Labute approximate surface area is 171 Å². The number of aryl methyl sites for hydroxylation is 1. The zero-order valence-corrected chi connectivity index (χ0v) is 16.6. The number of benzene rings is 2. The van der Waals surface area contributed by atoms with Crippen LogP contribution >= 0.6 is 22.9 Å². The zero-order chi connectivity index (χ0) is 19.7. The zero-order valence-electron chi connectivity index (χ0n) is 15.1. The lowest BCUT2D eigenvalue weighted by atomic mass is 10.2. The first kappa shape index (κ1) is 18.4. The van der Waals surface area contributed by atoms with Crippen molar-refractivity contribution < 1.29 is 9.90 Å². The largest absolute Gasteiger partial charge is 0.477 e. The van der Waals surface area contributed by atoms with Crippen LogP contribution in [0.1, 0.15) is 32.1 Å². The number of carboxylic acid groups (broad SMARTS) is 1. The van der Waals surface area contributed by atoms with E-state index in [1.165, 1.54) is 11.3 Å². The van der Waals surface area contributed by atoms with Crippen molar-refractivity contribution in [2.45, 2.75) is 13.5 Å². The molecule has 0 saturated carbocycles. The summed E-state index contributed by atoms with van der Waals surface area (Å²) in [7, 11) is 0. The second-order valence-corrected chi connectivity index (χ2v) is 7.92. The summed E-state index contributed by atoms with van der Waals surface area (Å²) in [5, 5.41) is 10.3. The Morgan fingerprint density at radius 1 is 1.11 bits per heavy atom. The smallest absolute Gasteiger partial charge is 0.352 e. The lowest BCUT2D eigenvalue weighted by molar-refractivity contribution is 0.0686. The van der Waals surface area contributed by atoms with E-state index in [2.05, 4.69) is 11.8 Å². The Kier molecular flexibility index (Phi) is 4.95. The van der Waals surface area contributed by atoms with Gasteiger partial charge in [-0.3, -0.25) is 0 Å². The molecule has 28 heavy (non-hydrogen) atoms. The van der Waals surface area contributed by atoms with E-state index in [1.807, 2.05) is 66.1 Å². The van der Waals surface area contributed by atoms with Crippen LogP contribution < -0.4 is 0 Å². The molecule has 5 heteroatoms. The van der Waals surface area contributed by atoms with Crippen LogP contribution in [0.25, 0.3) is 10.2 Å². The van der Waals surface area contributed by atoms with Crippen LogP contribution in [-0.4, -0.2) is 15.6 Å². The Morgan fingerprint density at radius 3 is 2.61 bits per heavy atom. The molecule has 0 unspecified atom stereocenters. The molecule has 0 aliphatic carbocycles. The SMILES string of the molecule is Cc1c(C#Cc2ccccc2)sc2cc(C(=O)O)n(Cc3cccc(Cl)c3)c12. The van der Waals surface area contributed by atoms with Gasteiger partial charge in [-0.25, -0.2) is 4.79 Å². The van der Waals surface area contributed by atoms with Gasteiger partial charge in [-0.2, -0.15) is 0 Å². The summed E-state index contributed by atoms with van der Waals surface area (Å²) in [6, 6.07) is 19.0. The molecule has 4 rings (SSSR count). The van der Waals surface area contributed by atoms with Crippen LogP contribution in [-0.2, 0) is 6.54 Å². The number of fused-ring (bicyclic) bond motifs is 1.